The van der Waals surface area contributed by atoms with Crippen LogP contribution in [-0.2, 0) is 20.7 Å². The Morgan fingerprint density at radius 2 is 2.11 bits per heavy atom. The molecule has 1 atom stereocenters. The van der Waals surface area contributed by atoms with Gasteiger partial charge in [-0.05, 0) is 19.4 Å². The van der Waals surface area contributed by atoms with Gasteiger partial charge in [0.2, 0.25) is 5.91 Å². The molecule has 98 valence electrons. The molecule has 0 saturated carbocycles. The van der Waals surface area contributed by atoms with Gasteiger partial charge in [0, 0.05) is 6.54 Å². The van der Waals surface area contributed by atoms with E-state index in [0.717, 1.165) is 5.56 Å². The Hall–Kier alpha value is -1.39. The zero-order valence-electron chi connectivity index (χ0n) is 10.8. The number of rotatable bonds is 4. The molecule has 2 rings (SSSR count). The molecule has 0 radical (unpaired) electrons. The summed E-state index contributed by atoms with van der Waals surface area (Å²) < 4.78 is 11.0. The fraction of sp³-hybridized carbons (Fsp3) is 0.500. The lowest BCUT2D eigenvalue weighted by atomic mass is 10.1. The molecular weight excluding hydrogens is 230 g/mol. The van der Waals surface area contributed by atoms with Gasteiger partial charge in [0.15, 0.2) is 5.79 Å². The standard InChI is InChI=1S/C14H19NO3/c1-14(2)17-10-12(18-14)9-15-13(16)8-11-6-4-3-5-7-11/h3-7,12H,8-10H2,1-2H3,(H,15,16). The van der Waals surface area contributed by atoms with E-state index >= 15 is 0 Å². The van der Waals surface area contributed by atoms with E-state index in [1.165, 1.54) is 0 Å². The van der Waals surface area contributed by atoms with E-state index in [1.807, 2.05) is 44.2 Å². The van der Waals surface area contributed by atoms with Gasteiger partial charge in [0.1, 0.15) is 6.10 Å². The van der Waals surface area contributed by atoms with Gasteiger partial charge in [-0.15, -0.1) is 0 Å². The summed E-state index contributed by atoms with van der Waals surface area (Å²) in [5.41, 5.74) is 1.01. The highest BCUT2D eigenvalue weighted by Gasteiger charge is 2.32. The predicted octanol–water partition coefficient (Wildman–Crippen LogP) is 1.50. The summed E-state index contributed by atoms with van der Waals surface area (Å²) in [5, 5.41) is 2.87. The predicted molar refractivity (Wildman–Crippen MR) is 68.1 cm³/mol. The number of ether oxygens (including phenoxy) is 2. The first-order valence-corrected chi connectivity index (χ1v) is 6.17. The average Bonchev–Trinajstić information content (AvgIpc) is 2.68. The maximum absolute atomic E-state index is 11.7. The topological polar surface area (TPSA) is 47.6 Å². The molecule has 18 heavy (non-hydrogen) atoms. The number of amides is 1. The Labute approximate surface area is 107 Å². The van der Waals surface area contributed by atoms with Crippen LogP contribution in [0.5, 0.6) is 0 Å². The lowest BCUT2D eigenvalue weighted by Crippen LogP contribution is -2.35. The van der Waals surface area contributed by atoms with Gasteiger partial charge in [-0.3, -0.25) is 4.79 Å². The normalized spacial score (nSPS) is 21.8. The first-order chi connectivity index (χ1) is 8.55. The second kappa shape index (κ2) is 5.50. The maximum Gasteiger partial charge on any atom is 0.224 e. The van der Waals surface area contributed by atoms with Crippen molar-refractivity contribution >= 4 is 5.91 Å². The number of benzene rings is 1. The van der Waals surface area contributed by atoms with Gasteiger partial charge in [-0.2, -0.15) is 0 Å². The fourth-order valence-electron chi connectivity index (χ4n) is 1.94. The third kappa shape index (κ3) is 3.82. The van der Waals surface area contributed by atoms with Gasteiger partial charge in [0.25, 0.3) is 0 Å². The molecule has 1 N–H and O–H groups in total. The third-order valence-electron chi connectivity index (χ3n) is 2.80. The monoisotopic (exact) mass is 249 g/mol. The van der Waals surface area contributed by atoms with E-state index in [1.54, 1.807) is 0 Å². The molecule has 1 aliphatic heterocycles. The summed E-state index contributed by atoms with van der Waals surface area (Å²) >= 11 is 0. The van der Waals surface area contributed by atoms with Crippen molar-refractivity contribution in [2.24, 2.45) is 0 Å². The number of nitrogens with one attached hydrogen (secondary N) is 1. The zero-order chi connectivity index (χ0) is 13.0. The summed E-state index contributed by atoms with van der Waals surface area (Å²) in [6.07, 6.45) is 0.345. The van der Waals surface area contributed by atoms with Gasteiger partial charge >= 0.3 is 0 Å². The smallest absolute Gasteiger partial charge is 0.224 e. The summed E-state index contributed by atoms with van der Waals surface area (Å²) in [7, 11) is 0. The Bertz CT molecular complexity index is 403. The summed E-state index contributed by atoms with van der Waals surface area (Å²) in [6.45, 7) is 4.77. The molecule has 0 bridgehead atoms. The SMILES string of the molecule is CC1(C)OCC(CNC(=O)Cc2ccccc2)O1. The van der Waals surface area contributed by atoms with Crippen LogP contribution in [0.15, 0.2) is 30.3 Å². The van der Waals surface area contributed by atoms with Crippen molar-refractivity contribution in [1.82, 2.24) is 5.32 Å². The Kier molecular flexibility index (Phi) is 3.99. The van der Waals surface area contributed by atoms with Gasteiger partial charge in [-0.1, -0.05) is 30.3 Å². The molecule has 1 fully saturated rings. The highest BCUT2D eigenvalue weighted by Crippen LogP contribution is 2.21. The highest BCUT2D eigenvalue weighted by atomic mass is 16.7. The van der Waals surface area contributed by atoms with Crippen molar-refractivity contribution in [3.05, 3.63) is 35.9 Å². The maximum atomic E-state index is 11.7. The van der Waals surface area contributed by atoms with Gasteiger partial charge in [0.05, 0.1) is 13.0 Å². The van der Waals surface area contributed by atoms with Crippen LogP contribution >= 0.6 is 0 Å². The van der Waals surface area contributed by atoms with Crippen LogP contribution in [0.1, 0.15) is 19.4 Å². The first kappa shape index (κ1) is 13.1. The van der Waals surface area contributed by atoms with E-state index in [0.29, 0.717) is 19.6 Å². The first-order valence-electron chi connectivity index (χ1n) is 6.17. The van der Waals surface area contributed by atoms with Crippen LogP contribution in [0.25, 0.3) is 0 Å². The lowest BCUT2D eigenvalue weighted by molar-refractivity contribution is -0.139. The van der Waals surface area contributed by atoms with Crippen LogP contribution in [0.4, 0.5) is 0 Å². The Balaban J connectivity index is 1.73. The van der Waals surface area contributed by atoms with E-state index in [4.69, 9.17) is 9.47 Å². The molecule has 1 heterocycles. The molecule has 1 unspecified atom stereocenters. The molecule has 4 nitrogen and oxygen atoms in total. The number of hydrogen-bond acceptors (Lipinski definition) is 3. The molecule has 1 aromatic carbocycles. The van der Waals surface area contributed by atoms with Crippen molar-refractivity contribution in [2.45, 2.75) is 32.2 Å². The quantitative estimate of drug-likeness (QED) is 0.879. The van der Waals surface area contributed by atoms with Gasteiger partial charge in [-0.25, -0.2) is 0 Å². The van der Waals surface area contributed by atoms with Crippen LogP contribution in [0.2, 0.25) is 0 Å². The van der Waals surface area contributed by atoms with E-state index in [9.17, 15) is 4.79 Å². The number of hydrogen-bond donors (Lipinski definition) is 1. The Morgan fingerprint density at radius 1 is 1.39 bits per heavy atom. The molecule has 1 saturated heterocycles. The summed E-state index contributed by atoms with van der Waals surface area (Å²) in [5.74, 6) is -0.524. The van der Waals surface area contributed by atoms with Crippen LogP contribution < -0.4 is 5.32 Å². The molecule has 4 heteroatoms. The van der Waals surface area contributed by atoms with E-state index in [2.05, 4.69) is 5.32 Å². The van der Waals surface area contributed by atoms with Gasteiger partial charge < -0.3 is 14.8 Å². The van der Waals surface area contributed by atoms with E-state index in [-0.39, 0.29) is 12.0 Å². The lowest BCUT2D eigenvalue weighted by Gasteiger charge is -2.17. The largest absolute Gasteiger partial charge is 0.353 e. The van der Waals surface area contributed by atoms with Crippen molar-refractivity contribution in [1.29, 1.82) is 0 Å². The number of carbonyl (C=O) groups excluding carboxylic acids is 1. The molecule has 0 aromatic heterocycles. The second-order valence-electron chi connectivity index (χ2n) is 4.92. The minimum atomic E-state index is -0.533. The van der Waals surface area contributed by atoms with Crippen LogP contribution in [-0.4, -0.2) is 30.9 Å². The van der Waals surface area contributed by atoms with Crippen molar-refractivity contribution in [2.75, 3.05) is 13.2 Å². The molecular formula is C14H19NO3. The molecule has 1 aromatic rings. The van der Waals surface area contributed by atoms with Crippen molar-refractivity contribution in [3.8, 4) is 0 Å². The highest BCUT2D eigenvalue weighted by molar-refractivity contribution is 5.78. The fourth-order valence-corrected chi connectivity index (χ4v) is 1.94. The molecule has 1 amide bonds. The zero-order valence-corrected chi connectivity index (χ0v) is 10.8. The molecule has 0 spiro atoms. The van der Waals surface area contributed by atoms with Crippen LogP contribution in [0, 0.1) is 0 Å². The van der Waals surface area contributed by atoms with Crippen molar-refractivity contribution in [3.63, 3.8) is 0 Å². The summed E-state index contributed by atoms with van der Waals surface area (Å²) in [6, 6.07) is 9.68. The summed E-state index contributed by atoms with van der Waals surface area (Å²) in [4.78, 5) is 11.7. The molecule has 1 aliphatic rings. The van der Waals surface area contributed by atoms with Crippen molar-refractivity contribution < 1.29 is 14.3 Å². The van der Waals surface area contributed by atoms with E-state index < -0.39 is 5.79 Å². The molecule has 0 aliphatic carbocycles. The van der Waals surface area contributed by atoms with Crippen LogP contribution in [0.3, 0.4) is 0 Å². The third-order valence-corrected chi connectivity index (χ3v) is 2.80. The Morgan fingerprint density at radius 3 is 2.72 bits per heavy atom. The minimum absolute atomic E-state index is 0.00880. The number of carbonyl (C=O) groups is 1. The average molecular weight is 249 g/mol. The minimum Gasteiger partial charge on any atom is -0.353 e. The second-order valence-corrected chi connectivity index (χ2v) is 4.92.